The van der Waals surface area contributed by atoms with E-state index in [2.05, 4.69) is 29.8 Å². The fourth-order valence-electron chi connectivity index (χ4n) is 8.02. The van der Waals surface area contributed by atoms with Crippen LogP contribution in [-0.4, -0.2) is 31.0 Å². The molecule has 0 heterocycles. The van der Waals surface area contributed by atoms with Crippen LogP contribution in [0.5, 0.6) is 0 Å². The van der Waals surface area contributed by atoms with E-state index < -0.39 is 12.6 Å². The number of carbonyl (C=O) groups excluding carboxylic acids is 1. The van der Waals surface area contributed by atoms with Crippen LogP contribution >= 0.6 is 15.9 Å². The van der Waals surface area contributed by atoms with E-state index in [0.717, 1.165) is 44.9 Å². The molecule has 3 rings (SSSR count). The van der Waals surface area contributed by atoms with Crippen LogP contribution in [0.15, 0.2) is 0 Å². The Balaban J connectivity index is 1.93. The van der Waals surface area contributed by atoms with Crippen LogP contribution in [0.25, 0.3) is 0 Å². The van der Waals surface area contributed by atoms with Crippen molar-refractivity contribution in [2.24, 2.45) is 40.4 Å². The first-order chi connectivity index (χ1) is 13.6. The summed E-state index contributed by atoms with van der Waals surface area (Å²) in [6, 6.07) is 0. The predicted molar refractivity (Wildman–Crippen MR) is 112 cm³/mol. The molecule has 3 fully saturated rings. The SMILES string of the molecule is CCCC1(COC)C(CC(F)(F)F)CCC2C3CCC(C(=O)CBr)C3(C)CCC21. The molecular weight excluding hydrogens is 445 g/mol. The Kier molecular flexibility index (Phi) is 7.15. The first kappa shape index (κ1) is 23.6. The molecule has 3 aliphatic rings. The predicted octanol–water partition coefficient (Wildman–Crippen LogP) is 6.80. The molecule has 29 heavy (non-hydrogen) atoms. The molecule has 0 amide bonds. The summed E-state index contributed by atoms with van der Waals surface area (Å²) in [6.45, 7) is 4.79. The summed E-state index contributed by atoms with van der Waals surface area (Å²) in [5.74, 6) is 1.20. The highest BCUT2D eigenvalue weighted by atomic mass is 79.9. The number of rotatable bonds is 7. The number of carbonyl (C=O) groups is 1. The van der Waals surface area contributed by atoms with Crippen molar-refractivity contribution in [2.75, 3.05) is 19.0 Å². The highest BCUT2D eigenvalue weighted by Gasteiger charge is 2.62. The van der Waals surface area contributed by atoms with Crippen molar-refractivity contribution in [3.63, 3.8) is 0 Å². The number of hydrogen-bond donors (Lipinski definition) is 0. The van der Waals surface area contributed by atoms with E-state index >= 15 is 0 Å². The smallest absolute Gasteiger partial charge is 0.384 e. The lowest BCUT2D eigenvalue weighted by Crippen LogP contribution is -2.55. The molecule has 168 valence electrons. The summed E-state index contributed by atoms with van der Waals surface area (Å²) in [5.41, 5.74) is -0.380. The highest BCUT2D eigenvalue weighted by Crippen LogP contribution is 2.67. The van der Waals surface area contributed by atoms with E-state index in [-0.39, 0.29) is 28.6 Å². The Morgan fingerprint density at radius 3 is 2.45 bits per heavy atom. The monoisotopic (exact) mass is 480 g/mol. The third-order valence-electron chi connectivity index (χ3n) is 8.96. The van der Waals surface area contributed by atoms with Crippen molar-refractivity contribution in [1.82, 2.24) is 0 Å². The standard InChI is InChI=1S/C23H36BrF3O2/c1-4-10-22(14-29-3)15(12-23(25,26)27)5-6-16-17-7-8-19(20(28)13-24)21(17,2)11-9-18(16)22/h15-19H,4-14H2,1-3H3. The van der Waals surface area contributed by atoms with Crippen molar-refractivity contribution < 1.29 is 22.7 Å². The van der Waals surface area contributed by atoms with Crippen LogP contribution in [0.1, 0.15) is 71.6 Å². The van der Waals surface area contributed by atoms with Crippen molar-refractivity contribution in [1.29, 1.82) is 0 Å². The largest absolute Gasteiger partial charge is 0.389 e. The van der Waals surface area contributed by atoms with Gasteiger partial charge in [-0.3, -0.25) is 4.79 Å². The third-order valence-corrected chi connectivity index (χ3v) is 9.52. The molecule has 0 N–H and O–H groups in total. The zero-order valence-electron chi connectivity index (χ0n) is 18.0. The maximum atomic E-state index is 13.5. The van der Waals surface area contributed by atoms with E-state index in [9.17, 15) is 18.0 Å². The molecule has 0 radical (unpaired) electrons. The van der Waals surface area contributed by atoms with Crippen LogP contribution in [0.3, 0.4) is 0 Å². The van der Waals surface area contributed by atoms with Gasteiger partial charge < -0.3 is 4.74 Å². The second-order valence-electron chi connectivity index (χ2n) is 10.2. The normalized spacial score (nSPS) is 42.4. The zero-order chi connectivity index (χ0) is 21.4. The second-order valence-corrected chi connectivity index (χ2v) is 10.7. The summed E-state index contributed by atoms with van der Waals surface area (Å²) in [7, 11) is 1.64. The molecule has 7 unspecified atom stereocenters. The summed E-state index contributed by atoms with van der Waals surface area (Å²) >= 11 is 3.36. The Bertz CT molecular complexity index is 587. The molecule has 0 aromatic rings. The summed E-state index contributed by atoms with van der Waals surface area (Å²) in [5, 5.41) is 0.408. The van der Waals surface area contributed by atoms with Gasteiger partial charge in [-0.1, -0.05) is 36.2 Å². The molecule has 0 spiro atoms. The minimum Gasteiger partial charge on any atom is -0.384 e. The van der Waals surface area contributed by atoms with E-state index in [0.29, 0.717) is 36.0 Å². The fourth-order valence-corrected chi connectivity index (χ4v) is 8.41. The van der Waals surface area contributed by atoms with Gasteiger partial charge in [0, 0.05) is 19.4 Å². The number of ether oxygens (including phenoxy) is 1. The maximum absolute atomic E-state index is 13.5. The highest BCUT2D eigenvalue weighted by molar-refractivity contribution is 9.09. The van der Waals surface area contributed by atoms with Gasteiger partial charge in [0.1, 0.15) is 5.78 Å². The Labute approximate surface area is 181 Å². The quantitative estimate of drug-likeness (QED) is 0.374. The molecular formula is C23H36BrF3O2. The lowest BCUT2D eigenvalue weighted by Gasteiger charge is -2.60. The summed E-state index contributed by atoms with van der Waals surface area (Å²) in [4.78, 5) is 12.6. The molecule has 3 saturated carbocycles. The number of methoxy groups -OCH3 is 1. The van der Waals surface area contributed by atoms with Gasteiger partial charge in [0.2, 0.25) is 0 Å². The van der Waals surface area contributed by atoms with Crippen LogP contribution in [-0.2, 0) is 9.53 Å². The first-order valence-corrected chi connectivity index (χ1v) is 12.4. The molecule has 0 bridgehead atoms. The lowest BCUT2D eigenvalue weighted by molar-refractivity contribution is -0.191. The molecule has 0 aliphatic heterocycles. The Hall–Kier alpha value is -0.100. The van der Waals surface area contributed by atoms with Gasteiger partial charge >= 0.3 is 6.18 Å². The van der Waals surface area contributed by atoms with Gasteiger partial charge in [-0.15, -0.1) is 0 Å². The number of alkyl halides is 4. The van der Waals surface area contributed by atoms with E-state index in [1.54, 1.807) is 7.11 Å². The van der Waals surface area contributed by atoms with E-state index in [1.165, 1.54) is 0 Å². The number of halogens is 4. The molecule has 6 heteroatoms. The number of Topliss-reactive ketones (excluding diaryl/α,β-unsaturated/α-hetero) is 1. The minimum atomic E-state index is -4.13. The van der Waals surface area contributed by atoms with Gasteiger partial charge in [-0.05, 0) is 79.4 Å². The molecule has 2 nitrogen and oxygen atoms in total. The van der Waals surface area contributed by atoms with E-state index in [1.807, 2.05) is 0 Å². The molecule has 3 aliphatic carbocycles. The van der Waals surface area contributed by atoms with Crippen molar-refractivity contribution in [3.05, 3.63) is 0 Å². The average molecular weight is 481 g/mol. The summed E-state index contributed by atoms with van der Waals surface area (Å²) in [6.07, 6.45) is 2.23. The van der Waals surface area contributed by atoms with Crippen LogP contribution in [0.4, 0.5) is 13.2 Å². The third kappa shape index (κ3) is 4.18. The zero-order valence-corrected chi connectivity index (χ0v) is 19.6. The molecule has 7 atom stereocenters. The van der Waals surface area contributed by atoms with Crippen molar-refractivity contribution >= 4 is 21.7 Å². The minimum absolute atomic E-state index is 0.00785. The lowest BCUT2D eigenvalue weighted by atomic mass is 9.45. The van der Waals surface area contributed by atoms with Gasteiger partial charge in [0.05, 0.1) is 11.9 Å². The van der Waals surface area contributed by atoms with Crippen molar-refractivity contribution in [3.8, 4) is 0 Å². The van der Waals surface area contributed by atoms with Gasteiger partial charge in [0.15, 0.2) is 0 Å². The number of hydrogen-bond acceptors (Lipinski definition) is 2. The van der Waals surface area contributed by atoms with Crippen LogP contribution in [0.2, 0.25) is 0 Å². The topological polar surface area (TPSA) is 26.3 Å². The number of ketones is 1. The first-order valence-electron chi connectivity index (χ1n) is 11.3. The summed E-state index contributed by atoms with van der Waals surface area (Å²) < 4.78 is 46.0. The van der Waals surface area contributed by atoms with Gasteiger partial charge in [-0.2, -0.15) is 13.2 Å². The number of fused-ring (bicyclic) bond motifs is 3. The van der Waals surface area contributed by atoms with Crippen LogP contribution < -0.4 is 0 Å². The van der Waals surface area contributed by atoms with Gasteiger partial charge in [0.25, 0.3) is 0 Å². The molecule has 0 saturated heterocycles. The van der Waals surface area contributed by atoms with Gasteiger partial charge in [-0.25, -0.2) is 0 Å². The van der Waals surface area contributed by atoms with Crippen LogP contribution in [0, 0.1) is 40.4 Å². The van der Waals surface area contributed by atoms with Crippen molar-refractivity contribution in [2.45, 2.75) is 77.8 Å². The average Bonchev–Trinajstić information content (AvgIpc) is 3.00. The Morgan fingerprint density at radius 2 is 1.86 bits per heavy atom. The van der Waals surface area contributed by atoms with E-state index in [4.69, 9.17) is 4.74 Å². The maximum Gasteiger partial charge on any atom is 0.389 e. The second kappa shape index (κ2) is 8.80. The molecule has 0 aromatic carbocycles. The fraction of sp³-hybridized carbons (Fsp3) is 0.957. The Morgan fingerprint density at radius 1 is 1.14 bits per heavy atom. The molecule has 0 aromatic heterocycles.